The van der Waals surface area contributed by atoms with Crippen molar-refractivity contribution in [2.75, 3.05) is 24.5 Å². The fourth-order valence-electron chi connectivity index (χ4n) is 2.36. The van der Waals surface area contributed by atoms with Crippen molar-refractivity contribution in [3.8, 4) is 6.07 Å². The molecule has 1 aliphatic heterocycles. The molecule has 1 aromatic rings. The van der Waals surface area contributed by atoms with Crippen LogP contribution in [-0.4, -0.2) is 19.6 Å². The molecular weight excluding hydrogens is 278 g/mol. The topological polar surface area (TPSA) is 53.0 Å². The van der Waals surface area contributed by atoms with Crippen LogP contribution in [0, 0.1) is 17.2 Å². The van der Waals surface area contributed by atoms with Crippen LogP contribution in [-0.2, 0) is 0 Å². The van der Waals surface area contributed by atoms with Crippen molar-refractivity contribution in [1.82, 2.24) is 0 Å². The molecule has 0 spiro atoms. The van der Waals surface area contributed by atoms with E-state index in [1.807, 2.05) is 18.2 Å². The number of nitrogens with two attached hydrogens (primary N) is 1. The number of anilines is 1. The molecule has 2 rings (SSSR count). The second-order valence-electron chi connectivity index (χ2n) is 4.44. The first-order valence-electron chi connectivity index (χ1n) is 5.90. The van der Waals surface area contributed by atoms with E-state index in [2.05, 4.69) is 26.9 Å². The number of piperidine rings is 1. The molecule has 3 nitrogen and oxygen atoms in total. The van der Waals surface area contributed by atoms with Gasteiger partial charge in [-0.15, -0.1) is 0 Å². The van der Waals surface area contributed by atoms with Gasteiger partial charge in [0.05, 0.1) is 11.3 Å². The van der Waals surface area contributed by atoms with E-state index in [-0.39, 0.29) is 0 Å². The Labute approximate surface area is 110 Å². The summed E-state index contributed by atoms with van der Waals surface area (Å²) in [5.74, 6) is 0.550. The van der Waals surface area contributed by atoms with Gasteiger partial charge in [0.15, 0.2) is 0 Å². The van der Waals surface area contributed by atoms with Crippen LogP contribution in [0.25, 0.3) is 0 Å². The maximum Gasteiger partial charge on any atom is 0.103 e. The fourth-order valence-corrected chi connectivity index (χ4v) is 2.81. The van der Waals surface area contributed by atoms with Crippen LogP contribution in [0.15, 0.2) is 22.7 Å². The van der Waals surface area contributed by atoms with Gasteiger partial charge in [0.25, 0.3) is 0 Å². The lowest BCUT2D eigenvalue weighted by Crippen LogP contribution is -2.38. The Balaban J connectivity index is 2.28. The summed E-state index contributed by atoms with van der Waals surface area (Å²) in [5, 5.41) is 9.22. The molecule has 1 atom stereocenters. The van der Waals surface area contributed by atoms with Gasteiger partial charge in [0.1, 0.15) is 6.07 Å². The highest BCUT2D eigenvalue weighted by Crippen LogP contribution is 2.30. The minimum Gasteiger partial charge on any atom is -0.370 e. The molecule has 17 heavy (non-hydrogen) atoms. The zero-order valence-electron chi connectivity index (χ0n) is 9.69. The smallest absolute Gasteiger partial charge is 0.103 e. The van der Waals surface area contributed by atoms with Gasteiger partial charge < -0.3 is 10.6 Å². The largest absolute Gasteiger partial charge is 0.370 e. The van der Waals surface area contributed by atoms with E-state index in [1.54, 1.807) is 0 Å². The van der Waals surface area contributed by atoms with E-state index in [4.69, 9.17) is 5.73 Å². The van der Waals surface area contributed by atoms with Crippen LogP contribution in [0.4, 0.5) is 5.69 Å². The Morgan fingerprint density at radius 2 is 2.35 bits per heavy atom. The molecule has 1 fully saturated rings. The maximum absolute atomic E-state index is 9.22. The first kappa shape index (κ1) is 12.4. The second kappa shape index (κ2) is 5.52. The van der Waals surface area contributed by atoms with Crippen molar-refractivity contribution in [3.63, 3.8) is 0 Å². The zero-order chi connectivity index (χ0) is 12.3. The Kier molecular flexibility index (Phi) is 4.03. The Hall–Kier alpha value is -1.05. The van der Waals surface area contributed by atoms with Gasteiger partial charge in [0.2, 0.25) is 0 Å². The van der Waals surface area contributed by atoms with Gasteiger partial charge >= 0.3 is 0 Å². The summed E-state index contributed by atoms with van der Waals surface area (Å²) in [5.41, 5.74) is 7.50. The molecule has 0 bridgehead atoms. The van der Waals surface area contributed by atoms with Crippen LogP contribution in [0.3, 0.4) is 0 Å². The highest BCUT2D eigenvalue weighted by Gasteiger charge is 2.21. The number of hydrogen-bond donors (Lipinski definition) is 1. The molecule has 0 amide bonds. The lowest BCUT2D eigenvalue weighted by atomic mass is 9.97. The van der Waals surface area contributed by atoms with Crippen LogP contribution >= 0.6 is 15.9 Å². The molecule has 4 heteroatoms. The van der Waals surface area contributed by atoms with Gasteiger partial charge in [-0.05, 0) is 53.4 Å². The van der Waals surface area contributed by atoms with E-state index in [0.29, 0.717) is 5.92 Å². The van der Waals surface area contributed by atoms with Crippen molar-refractivity contribution >= 4 is 21.6 Å². The van der Waals surface area contributed by atoms with E-state index in [0.717, 1.165) is 41.8 Å². The molecule has 1 saturated heterocycles. The van der Waals surface area contributed by atoms with Gasteiger partial charge in [-0.2, -0.15) is 5.26 Å². The average Bonchev–Trinajstić information content (AvgIpc) is 2.38. The number of rotatable bonds is 2. The van der Waals surface area contributed by atoms with Gasteiger partial charge in [-0.1, -0.05) is 6.07 Å². The minimum atomic E-state index is 0.550. The monoisotopic (exact) mass is 293 g/mol. The number of benzene rings is 1. The van der Waals surface area contributed by atoms with Crippen LogP contribution in [0.1, 0.15) is 18.4 Å². The predicted molar refractivity (Wildman–Crippen MR) is 72.8 cm³/mol. The Morgan fingerprint density at radius 3 is 3.06 bits per heavy atom. The molecule has 0 aromatic heterocycles. The van der Waals surface area contributed by atoms with Crippen molar-refractivity contribution in [2.45, 2.75) is 12.8 Å². The molecule has 0 aliphatic carbocycles. The first-order valence-corrected chi connectivity index (χ1v) is 6.69. The number of nitriles is 1. The number of halogens is 1. The number of hydrogen-bond acceptors (Lipinski definition) is 3. The van der Waals surface area contributed by atoms with Gasteiger partial charge in [0, 0.05) is 17.6 Å². The summed E-state index contributed by atoms with van der Waals surface area (Å²) in [6, 6.07) is 8.18. The molecule has 1 aliphatic rings. The highest BCUT2D eigenvalue weighted by molar-refractivity contribution is 9.10. The normalized spacial score (nSPS) is 20.1. The molecule has 1 unspecified atom stereocenters. The van der Waals surface area contributed by atoms with E-state index >= 15 is 0 Å². The molecule has 2 N–H and O–H groups in total. The summed E-state index contributed by atoms with van der Waals surface area (Å²) >= 11 is 3.43. The third-order valence-electron chi connectivity index (χ3n) is 3.30. The highest BCUT2D eigenvalue weighted by atomic mass is 79.9. The summed E-state index contributed by atoms with van der Waals surface area (Å²) in [7, 11) is 0. The SMILES string of the molecule is N#Cc1c(Br)cccc1N1CCCC(CN)C1. The summed E-state index contributed by atoms with van der Waals surface area (Å²) in [6.07, 6.45) is 2.35. The van der Waals surface area contributed by atoms with Crippen LogP contribution in [0.5, 0.6) is 0 Å². The molecule has 90 valence electrons. The van der Waals surface area contributed by atoms with E-state index in [1.165, 1.54) is 6.42 Å². The minimum absolute atomic E-state index is 0.550. The van der Waals surface area contributed by atoms with Crippen molar-refractivity contribution in [2.24, 2.45) is 11.7 Å². The molecule has 1 aromatic carbocycles. The van der Waals surface area contributed by atoms with Crippen molar-refractivity contribution in [3.05, 3.63) is 28.2 Å². The first-order chi connectivity index (χ1) is 8.26. The average molecular weight is 294 g/mol. The predicted octanol–water partition coefficient (Wildman–Crippen LogP) is 2.50. The zero-order valence-corrected chi connectivity index (χ0v) is 11.3. The standard InChI is InChI=1S/C13H16BrN3/c14-12-4-1-5-13(11(12)8-16)17-6-2-3-10(7-15)9-17/h1,4-5,10H,2-3,6-7,9,15H2. The fraction of sp³-hybridized carbons (Fsp3) is 0.462. The summed E-state index contributed by atoms with van der Waals surface area (Å²) in [6.45, 7) is 2.70. The lowest BCUT2D eigenvalue weighted by molar-refractivity contribution is 0.423. The van der Waals surface area contributed by atoms with Gasteiger partial charge in [-0.25, -0.2) is 0 Å². The van der Waals surface area contributed by atoms with Gasteiger partial charge in [-0.3, -0.25) is 0 Å². The molecule has 0 radical (unpaired) electrons. The van der Waals surface area contributed by atoms with Crippen LogP contribution in [0.2, 0.25) is 0 Å². The number of nitrogens with zero attached hydrogens (tertiary/aromatic N) is 2. The van der Waals surface area contributed by atoms with E-state index in [9.17, 15) is 5.26 Å². The van der Waals surface area contributed by atoms with Crippen molar-refractivity contribution < 1.29 is 0 Å². The van der Waals surface area contributed by atoms with Crippen molar-refractivity contribution in [1.29, 1.82) is 5.26 Å². The summed E-state index contributed by atoms with van der Waals surface area (Å²) in [4.78, 5) is 2.28. The second-order valence-corrected chi connectivity index (χ2v) is 5.29. The lowest BCUT2D eigenvalue weighted by Gasteiger charge is -2.34. The van der Waals surface area contributed by atoms with Crippen LogP contribution < -0.4 is 10.6 Å². The molecule has 1 heterocycles. The maximum atomic E-state index is 9.22. The molecule has 0 saturated carbocycles. The summed E-state index contributed by atoms with van der Waals surface area (Å²) < 4.78 is 0.868. The third-order valence-corrected chi connectivity index (χ3v) is 3.96. The van der Waals surface area contributed by atoms with E-state index < -0.39 is 0 Å². The Bertz CT molecular complexity index is 439. The third kappa shape index (κ3) is 2.62. The quantitative estimate of drug-likeness (QED) is 0.911. The Morgan fingerprint density at radius 1 is 1.53 bits per heavy atom. The molecular formula is C13H16BrN3.